The zero-order valence-corrected chi connectivity index (χ0v) is 5.90. The molecule has 4 heteroatoms. The molecule has 60 valence electrons. The molecular weight excluding hydrogens is 146 g/mol. The molecule has 0 fully saturated rings. The van der Waals surface area contributed by atoms with Crippen molar-refractivity contribution in [2.24, 2.45) is 5.16 Å². The average molecular weight is 155 g/mol. The molecule has 0 aromatic carbocycles. The highest BCUT2D eigenvalue weighted by atomic mass is 16.4. The van der Waals surface area contributed by atoms with E-state index < -0.39 is 0 Å². The molecule has 0 spiro atoms. The fourth-order valence-electron chi connectivity index (χ4n) is 0.765. The maximum Gasteiger partial charge on any atom is 0.148 e. The van der Waals surface area contributed by atoms with Crippen molar-refractivity contribution < 1.29 is 14.7 Å². The molecule has 1 heterocycles. The second kappa shape index (κ2) is 3.78. The molecule has 2 N–H and O–H groups in total. The smallest absolute Gasteiger partial charge is 0.148 e. The van der Waals surface area contributed by atoms with Crippen molar-refractivity contribution in [2.75, 3.05) is 6.61 Å². The summed E-state index contributed by atoms with van der Waals surface area (Å²) in [6.45, 7) is 0.0588. The van der Waals surface area contributed by atoms with Gasteiger partial charge in [0.15, 0.2) is 0 Å². The minimum absolute atomic E-state index is 0.0588. The largest absolute Gasteiger partial charge is 0.460 e. The standard InChI is InChI=1S/C7H9NO3/c9-4-3-6-1-2-7(11-6)5-8-10/h1-2,5,9-10H,3-4H2/b8-5-. The number of aliphatic hydroxyl groups is 1. The number of hydrogen-bond donors (Lipinski definition) is 2. The molecule has 4 nitrogen and oxygen atoms in total. The number of oxime groups is 1. The first-order valence-electron chi connectivity index (χ1n) is 3.24. The van der Waals surface area contributed by atoms with Crippen LogP contribution in [0.25, 0.3) is 0 Å². The lowest BCUT2D eigenvalue weighted by Gasteiger charge is -1.88. The van der Waals surface area contributed by atoms with Gasteiger partial charge in [0.25, 0.3) is 0 Å². The van der Waals surface area contributed by atoms with Gasteiger partial charge in [-0.3, -0.25) is 0 Å². The van der Waals surface area contributed by atoms with Gasteiger partial charge in [-0.25, -0.2) is 0 Å². The normalized spacial score (nSPS) is 11.0. The first-order chi connectivity index (χ1) is 5.36. The number of hydrogen-bond acceptors (Lipinski definition) is 4. The second-order valence-corrected chi connectivity index (χ2v) is 2.02. The third-order valence-electron chi connectivity index (χ3n) is 1.23. The minimum Gasteiger partial charge on any atom is -0.460 e. The van der Waals surface area contributed by atoms with Gasteiger partial charge in [-0.15, -0.1) is 0 Å². The van der Waals surface area contributed by atoms with Gasteiger partial charge in [0.2, 0.25) is 0 Å². The van der Waals surface area contributed by atoms with Crippen LogP contribution in [0.1, 0.15) is 11.5 Å². The Labute approximate surface area is 63.8 Å². The van der Waals surface area contributed by atoms with Crippen LogP contribution in [0, 0.1) is 0 Å². The maximum atomic E-state index is 8.52. The topological polar surface area (TPSA) is 66.0 Å². The maximum absolute atomic E-state index is 8.52. The number of nitrogens with zero attached hydrogens (tertiary/aromatic N) is 1. The molecule has 1 aromatic heterocycles. The SMILES string of the molecule is OCCc1ccc(/C=N\O)o1. The lowest BCUT2D eigenvalue weighted by Crippen LogP contribution is -1.86. The van der Waals surface area contributed by atoms with Crippen LogP contribution in [-0.2, 0) is 6.42 Å². The van der Waals surface area contributed by atoms with Gasteiger partial charge >= 0.3 is 0 Å². The summed E-state index contributed by atoms with van der Waals surface area (Å²) >= 11 is 0. The van der Waals surface area contributed by atoms with Crippen LogP contribution in [0.5, 0.6) is 0 Å². The summed E-state index contributed by atoms with van der Waals surface area (Å²) in [5, 5.41) is 19.4. The van der Waals surface area contributed by atoms with E-state index in [-0.39, 0.29) is 6.61 Å². The molecule has 0 aliphatic heterocycles. The number of furan rings is 1. The Kier molecular flexibility index (Phi) is 2.68. The fourth-order valence-corrected chi connectivity index (χ4v) is 0.765. The molecular formula is C7H9NO3. The number of rotatable bonds is 3. The molecule has 11 heavy (non-hydrogen) atoms. The van der Waals surface area contributed by atoms with Crippen LogP contribution in [-0.4, -0.2) is 23.1 Å². The first kappa shape index (κ1) is 7.81. The Morgan fingerprint density at radius 1 is 1.55 bits per heavy atom. The summed E-state index contributed by atoms with van der Waals surface area (Å²) in [5.74, 6) is 1.17. The highest BCUT2D eigenvalue weighted by molar-refractivity contribution is 5.75. The molecule has 0 bridgehead atoms. The van der Waals surface area contributed by atoms with Crippen molar-refractivity contribution in [2.45, 2.75) is 6.42 Å². The molecule has 0 saturated heterocycles. The molecule has 1 rings (SSSR count). The van der Waals surface area contributed by atoms with E-state index in [1.165, 1.54) is 6.21 Å². The van der Waals surface area contributed by atoms with E-state index in [1.807, 2.05) is 0 Å². The van der Waals surface area contributed by atoms with Gasteiger partial charge in [0.1, 0.15) is 17.7 Å². The van der Waals surface area contributed by atoms with Crippen molar-refractivity contribution in [3.05, 3.63) is 23.7 Å². The highest BCUT2D eigenvalue weighted by Crippen LogP contribution is 2.05. The lowest BCUT2D eigenvalue weighted by atomic mass is 10.3. The second-order valence-electron chi connectivity index (χ2n) is 2.02. The lowest BCUT2D eigenvalue weighted by molar-refractivity contribution is 0.287. The van der Waals surface area contributed by atoms with Crippen LogP contribution in [0.4, 0.5) is 0 Å². The van der Waals surface area contributed by atoms with E-state index >= 15 is 0 Å². The fraction of sp³-hybridized carbons (Fsp3) is 0.286. The van der Waals surface area contributed by atoms with Gasteiger partial charge in [-0.1, -0.05) is 5.16 Å². The van der Waals surface area contributed by atoms with Crippen LogP contribution >= 0.6 is 0 Å². The zero-order valence-electron chi connectivity index (χ0n) is 5.90. The summed E-state index contributed by atoms with van der Waals surface area (Å²) < 4.78 is 5.10. The van der Waals surface area contributed by atoms with E-state index in [4.69, 9.17) is 14.7 Å². The van der Waals surface area contributed by atoms with Crippen LogP contribution in [0.3, 0.4) is 0 Å². The number of aliphatic hydroxyl groups excluding tert-OH is 1. The Balaban J connectivity index is 2.65. The van der Waals surface area contributed by atoms with Gasteiger partial charge in [0.05, 0.1) is 6.61 Å². The van der Waals surface area contributed by atoms with E-state index in [0.717, 1.165) is 0 Å². The van der Waals surface area contributed by atoms with Crippen molar-refractivity contribution in [3.63, 3.8) is 0 Å². The Hall–Kier alpha value is -1.29. The monoisotopic (exact) mass is 155 g/mol. The van der Waals surface area contributed by atoms with Crippen molar-refractivity contribution in [1.82, 2.24) is 0 Å². The Morgan fingerprint density at radius 2 is 2.36 bits per heavy atom. The predicted octanol–water partition coefficient (Wildman–Crippen LogP) is 0.623. The summed E-state index contributed by atoms with van der Waals surface area (Å²) in [4.78, 5) is 0. The van der Waals surface area contributed by atoms with Gasteiger partial charge < -0.3 is 14.7 Å². The van der Waals surface area contributed by atoms with Gasteiger partial charge in [-0.05, 0) is 12.1 Å². The summed E-state index contributed by atoms with van der Waals surface area (Å²) in [6.07, 6.45) is 1.68. The average Bonchev–Trinajstić information content (AvgIpc) is 2.38. The van der Waals surface area contributed by atoms with Crippen molar-refractivity contribution in [3.8, 4) is 0 Å². The van der Waals surface area contributed by atoms with E-state index in [1.54, 1.807) is 12.1 Å². The van der Waals surface area contributed by atoms with Crippen molar-refractivity contribution in [1.29, 1.82) is 0 Å². The van der Waals surface area contributed by atoms with Gasteiger partial charge in [-0.2, -0.15) is 0 Å². The van der Waals surface area contributed by atoms with E-state index in [2.05, 4.69) is 5.16 Å². The predicted molar refractivity (Wildman–Crippen MR) is 38.9 cm³/mol. The van der Waals surface area contributed by atoms with Crippen LogP contribution in [0.15, 0.2) is 21.7 Å². The minimum atomic E-state index is 0.0588. The quantitative estimate of drug-likeness (QED) is 0.382. The molecule has 1 aromatic rings. The molecule has 0 aliphatic rings. The molecule has 0 saturated carbocycles. The van der Waals surface area contributed by atoms with E-state index in [9.17, 15) is 0 Å². The molecule has 0 aliphatic carbocycles. The van der Waals surface area contributed by atoms with E-state index in [0.29, 0.717) is 17.9 Å². The molecule has 0 atom stereocenters. The molecule has 0 amide bonds. The summed E-state index contributed by atoms with van der Waals surface area (Å²) in [6, 6.07) is 3.40. The molecule has 0 radical (unpaired) electrons. The Morgan fingerprint density at radius 3 is 3.00 bits per heavy atom. The summed E-state index contributed by atoms with van der Waals surface area (Å²) in [5.41, 5.74) is 0. The molecule has 0 unspecified atom stereocenters. The summed E-state index contributed by atoms with van der Waals surface area (Å²) in [7, 11) is 0. The third-order valence-corrected chi connectivity index (χ3v) is 1.23. The first-order valence-corrected chi connectivity index (χ1v) is 3.24. The van der Waals surface area contributed by atoms with Crippen LogP contribution in [0.2, 0.25) is 0 Å². The highest BCUT2D eigenvalue weighted by Gasteiger charge is 1.97. The zero-order chi connectivity index (χ0) is 8.10. The Bertz CT molecular complexity index is 242. The van der Waals surface area contributed by atoms with Crippen LogP contribution < -0.4 is 0 Å². The van der Waals surface area contributed by atoms with Gasteiger partial charge in [0, 0.05) is 6.42 Å². The third kappa shape index (κ3) is 2.09. The van der Waals surface area contributed by atoms with Crippen molar-refractivity contribution >= 4 is 6.21 Å².